The summed E-state index contributed by atoms with van der Waals surface area (Å²) >= 11 is 5.91. The molecule has 1 aliphatic heterocycles. The third-order valence-corrected chi connectivity index (χ3v) is 4.62. The summed E-state index contributed by atoms with van der Waals surface area (Å²) in [7, 11) is 0. The molecule has 0 unspecified atom stereocenters. The molecule has 0 N–H and O–H groups in total. The van der Waals surface area contributed by atoms with Crippen LogP contribution in [0.25, 0.3) is 11.4 Å². The van der Waals surface area contributed by atoms with Gasteiger partial charge in [0.05, 0.1) is 5.92 Å². The maximum atomic E-state index is 12.4. The van der Waals surface area contributed by atoms with Gasteiger partial charge in [0.1, 0.15) is 0 Å². The van der Waals surface area contributed by atoms with Crippen LogP contribution in [0.4, 0.5) is 5.69 Å². The molecule has 0 radical (unpaired) electrons. The molecule has 25 heavy (non-hydrogen) atoms. The van der Waals surface area contributed by atoms with E-state index >= 15 is 0 Å². The number of rotatable bonds is 3. The number of benzene rings is 2. The van der Waals surface area contributed by atoms with Crippen molar-refractivity contribution in [3.8, 4) is 11.4 Å². The summed E-state index contributed by atoms with van der Waals surface area (Å²) in [5.41, 5.74) is 2.90. The van der Waals surface area contributed by atoms with Gasteiger partial charge in [-0.15, -0.1) is 0 Å². The van der Waals surface area contributed by atoms with Crippen molar-refractivity contribution < 1.29 is 9.32 Å². The molecule has 0 spiro atoms. The van der Waals surface area contributed by atoms with Crippen molar-refractivity contribution in [3.63, 3.8) is 0 Å². The van der Waals surface area contributed by atoms with E-state index in [1.54, 1.807) is 17.0 Å². The van der Waals surface area contributed by atoms with Crippen LogP contribution in [-0.2, 0) is 4.79 Å². The van der Waals surface area contributed by atoms with E-state index in [4.69, 9.17) is 16.1 Å². The molecule has 3 aromatic rings. The van der Waals surface area contributed by atoms with Gasteiger partial charge in [0.25, 0.3) is 0 Å². The minimum Gasteiger partial charge on any atom is -0.339 e. The van der Waals surface area contributed by atoms with E-state index in [2.05, 4.69) is 10.1 Å². The molecule has 0 saturated carbocycles. The number of halogens is 1. The number of nitrogens with zero attached hydrogens (tertiary/aromatic N) is 3. The van der Waals surface area contributed by atoms with Crippen LogP contribution in [0.2, 0.25) is 5.02 Å². The Hall–Kier alpha value is -2.66. The van der Waals surface area contributed by atoms with E-state index in [0.717, 1.165) is 11.3 Å². The Morgan fingerprint density at radius 1 is 1.12 bits per heavy atom. The summed E-state index contributed by atoms with van der Waals surface area (Å²) in [6.07, 6.45) is 0.359. The topological polar surface area (TPSA) is 59.2 Å². The lowest BCUT2D eigenvalue weighted by Crippen LogP contribution is -2.24. The number of hydrogen-bond acceptors (Lipinski definition) is 4. The minimum absolute atomic E-state index is 0.0439. The molecule has 1 fully saturated rings. The molecule has 1 aromatic heterocycles. The number of carbonyl (C=O) groups is 1. The van der Waals surface area contributed by atoms with Crippen molar-refractivity contribution in [3.05, 3.63) is 65.0 Å². The Morgan fingerprint density at radius 3 is 2.56 bits per heavy atom. The lowest BCUT2D eigenvalue weighted by atomic mass is 10.1. The summed E-state index contributed by atoms with van der Waals surface area (Å²) in [5.74, 6) is 0.991. The average Bonchev–Trinajstić information content (AvgIpc) is 3.23. The maximum Gasteiger partial charge on any atom is 0.232 e. The zero-order chi connectivity index (χ0) is 17.4. The predicted octanol–water partition coefficient (Wildman–Crippen LogP) is 4.22. The van der Waals surface area contributed by atoms with Gasteiger partial charge < -0.3 is 9.42 Å². The molecule has 1 saturated heterocycles. The van der Waals surface area contributed by atoms with Gasteiger partial charge in [-0.25, -0.2) is 0 Å². The predicted molar refractivity (Wildman–Crippen MR) is 95.6 cm³/mol. The smallest absolute Gasteiger partial charge is 0.232 e. The van der Waals surface area contributed by atoms with Crippen molar-refractivity contribution in [2.75, 3.05) is 11.4 Å². The Morgan fingerprint density at radius 2 is 1.84 bits per heavy atom. The molecule has 126 valence electrons. The summed E-state index contributed by atoms with van der Waals surface area (Å²) < 4.78 is 5.42. The summed E-state index contributed by atoms with van der Waals surface area (Å²) in [6.45, 7) is 2.55. The highest BCUT2D eigenvalue weighted by Gasteiger charge is 2.35. The number of anilines is 1. The van der Waals surface area contributed by atoms with E-state index in [1.165, 1.54) is 5.56 Å². The van der Waals surface area contributed by atoms with Crippen LogP contribution < -0.4 is 4.90 Å². The number of aromatic nitrogens is 2. The van der Waals surface area contributed by atoms with Gasteiger partial charge in [-0.05, 0) is 31.2 Å². The van der Waals surface area contributed by atoms with Crippen molar-refractivity contribution in [1.82, 2.24) is 10.1 Å². The number of amides is 1. The van der Waals surface area contributed by atoms with Gasteiger partial charge in [-0.1, -0.05) is 46.6 Å². The van der Waals surface area contributed by atoms with Gasteiger partial charge in [-0.3, -0.25) is 4.79 Å². The highest BCUT2D eigenvalue weighted by Crippen LogP contribution is 2.32. The first-order valence-corrected chi connectivity index (χ1v) is 8.44. The zero-order valence-electron chi connectivity index (χ0n) is 13.6. The number of carbonyl (C=O) groups excluding carboxylic acids is 1. The second-order valence-corrected chi connectivity index (χ2v) is 6.64. The van der Waals surface area contributed by atoms with Gasteiger partial charge in [0, 0.05) is 29.2 Å². The molecule has 4 rings (SSSR count). The minimum atomic E-state index is -0.102. The molecule has 1 atom stereocenters. The quantitative estimate of drug-likeness (QED) is 0.707. The monoisotopic (exact) mass is 353 g/mol. The fraction of sp³-hybridized carbons (Fsp3) is 0.211. The molecule has 0 aliphatic carbocycles. The first-order chi connectivity index (χ1) is 12.1. The fourth-order valence-corrected chi connectivity index (χ4v) is 3.09. The van der Waals surface area contributed by atoms with Gasteiger partial charge in [-0.2, -0.15) is 4.98 Å². The lowest BCUT2D eigenvalue weighted by Gasteiger charge is -2.15. The van der Waals surface area contributed by atoms with E-state index in [0.29, 0.717) is 29.7 Å². The largest absolute Gasteiger partial charge is 0.339 e. The van der Waals surface area contributed by atoms with Gasteiger partial charge in [0.15, 0.2) is 0 Å². The molecule has 1 aliphatic rings. The van der Waals surface area contributed by atoms with Crippen LogP contribution in [0.1, 0.15) is 23.8 Å². The Bertz CT molecular complexity index is 903. The van der Waals surface area contributed by atoms with Crippen LogP contribution in [0.5, 0.6) is 0 Å². The second-order valence-electron chi connectivity index (χ2n) is 6.20. The highest BCUT2D eigenvalue weighted by molar-refractivity contribution is 6.30. The van der Waals surface area contributed by atoms with Crippen molar-refractivity contribution in [2.45, 2.75) is 19.3 Å². The van der Waals surface area contributed by atoms with Crippen molar-refractivity contribution in [1.29, 1.82) is 0 Å². The van der Waals surface area contributed by atoms with Gasteiger partial charge >= 0.3 is 0 Å². The SMILES string of the molecule is Cc1ccc(-c2noc([C@@H]3CC(=O)N(c4ccc(Cl)cc4)C3)n2)cc1. The fourth-order valence-electron chi connectivity index (χ4n) is 2.96. The molecule has 6 heteroatoms. The number of aryl methyl sites for hydroxylation is 1. The molecular weight excluding hydrogens is 338 g/mol. The van der Waals surface area contributed by atoms with Crippen LogP contribution >= 0.6 is 11.6 Å². The third-order valence-electron chi connectivity index (χ3n) is 4.36. The Kier molecular flexibility index (Phi) is 4.01. The third kappa shape index (κ3) is 3.15. The van der Waals surface area contributed by atoms with Gasteiger partial charge in [0.2, 0.25) is 17.6 Å². The van der Waals surface area contributed by atoms with Crippen LogP contribution in [0, 0.1) is 6.92 Å². The van der Waals surface area contributed by atoms with Crippen molar-refractivity contribution >= 4 is 23.2 Å². The lowest BCUT2D eigenvalue weighted by molar-refractivity contribution is -0.117. The average molecular weight is 354 g/mol. The van der Waals surface area contributed by atoms with Crippen LogP contribution in [0.15, 0.2) is 53.1 Å². The Labute approximate surface area is 150 Å². The van der Waals surface area contributed by atoms with E-state index in [9.17, 15) is 4.79 Å². The van der Waals surface area contributed by atoms with E-state index in [1.807, 2.05) is 43.3 Å². The molecule has 0 bridgehead atoms. The molecule has 2 heterocycles. The molecule has 5 nitrogen and oxygen atoms in total. The number of hydrogen-bond donors (Lipinski definition) is 0. The summed E-state index contributed by atoms with van der Waals surface area (Å²) in [4.78, 5) is 18.6. The standard InChI is InChI=1S/C19H16ClN3O2/c1-12-2-4-13(5-3-12)18-21-19(25-22-18)14-10-17(24)23(11-14)16-8-6-15(20)7-9-16/h2-9,14H,10-11H2,1H3/t14-/m1/s1. The van der Waals surface area contributed by atoms with Crippen LogP contribution in [0.3, 0.4) is 0 Å². The molecular formula is C19H16ClN3O2. The van der Waals surface area contributed by atoms with Crippen LogP contribution in [-0.4, -0.2) is 22.6 Å². The maximum absolute atomic E-state index is 12.4. The summed E-state index contributed by atoms with van der Waals surface area (Å²) in [5, 5.41) is 4.71. The molecule has 1 amide bonds. The summed E-state index contributed by atoms with van der Waals surface area (Å²) in [6, 6.07) is 15.2. The highest BCUT2D eigenvalue weighted by atomic mass is 35.5. The van der Waals surface area contributed by atoms with E-state index in [-0.39, 0.29) is 11.8 Å². The first kappa shape index (κ1) is 15.8. The normalized spacial score (nSPS) is 17.3. The first-order valence-electron chi connectivity index (χ1n) is 8.07. The van der Waals surface area contributed by atoms with E-state index < -0.39 is 0 Å². The zero-order valence-corrected chi connectivity index (χ0v) is 14.4. The Balaban J connectivity index is 1.54. The second kappa shape index (κ2) is 6.33. The molecule has 2 aromatic carbocycles. The van der Waals surface area contributed by atoms with Crippen molar-refractivity contribution in [2.24, 2.45) is 0 Å².